The summed E-state index contributed by atoms with van der Waals surface area (Å²) in [6.45, 7) is 0.895. The fourth-order valence-corrected chi connectivity index (χ4v) is 6.01. The number of carbonyl (C=O) groups excluding carboxylic acids is 1. The molecule has 4 aromatic rings. The number of fused-ring (bicyclic) bond motifs is 1. The van der Waals surface area contributed by atoms with Crippen molar-refractivity contribution in [2.24, 2.45) is 0 Å². The van der Waals surface area contributed by atoms with Gasteiger partial charge >= 0.3 is 0 Å². The van der Waals surface area contributed by atoms with Crippen LogP contribution in [-0.2, 0) is 23.0 Å². The molecule has 1 N–H and O–H groups in total. The summed E-state index contributed by atoms with van der Waals surface area (Å²) in [5, 5.41) is 7.12. The zero-order valence-corrected chi connectivity index (χ0v) is 19.6. The fraction of sp³-hybridized carbons (Fsp3) is 0.120. The van der Waals surface area contributed by atoms with Crippen LogP contribution in [0, 0.1) is 0 Å². The summed E-state index contributed by atoms with van der Waals surface area (Å²) >= 11 is 6.28. The van der Waals surface area contributed by atoms with Crippen LogP contribution in [0.1, 0.15) is 21.5 Å². The highest BCUT2D eigenvalue weighted by Crippen LogP contribution is 2.35. The molecule has 1 aliphatic heterocycles. The van der Waals surface area contributed by atoms with Gasteiger partial charge in [0.05, 0.1) is 29.1 Å². The van der Waals surface area contributed by atoms with E-state index >= 15 is 0 Å². The van der Waals surface area contributed by atoms with Crippen molar-refractivity contribution >= 4 is 38.9 Å². The van der Waals surface area contributed by atoms with E-state index in [9.17, 15) is 13.2 Å². The second-order valence-corrected chi connectivity index (χ2v) is 10.2. The molecule has 1 aromatic heterocycles. The Morgan fingerprint density at radius 1 is 1.03 bits per heavy atom. The van der Waals surface area contributed by atoms with Gasteiger partial charge in [0, 0.05) is 18.3 Å². The number of rotatable bonds is 6. The Balaban J connectivity index is 1.36. The third-order valence-corrected chi connectivity index (χ3v) is 7.98. The topological polar surface area (TPSA) is 84.3 Å². The molecule has 9 heteroatoms. The molecule has 0 unspecified atom stereocenters. The lowest BCUT2D eigenvalue weighted by Gasteiger charge is -2.20. The monoisotopic (exact) mass is 492 g/mol. The van der Waals surface area contributed by atoms with E-state index in [0.717, 1.165) is 11.1 Å². The molecule has 0 radical (unpaired) electrons. The van der Waals surface area contributed by atoms with Crippen molar-refractivity contribution < 1.29 is 13.2 Å². The quantitative estimate of drug-likeness (QED) is 0.426. The van der Waals surface area contributed by atoms with Gasteiger partial charge in [-0.3, -0.25) is 13.8 Å². The van der Waals surface area contributed by atoms with Gasteiger partial charge in [0.25, 0.3) is 15.9 Å². The Labute approximate surface area is 202 Å². The van der Waals surface area contributed by atoms with Crippen LogP contribution in [0.4, 0.5) is 11.4 Å². The predicted octanol–water partition coefficient (Wildman–Crippen LogP) is 4.59. The number of hydrogen-bond donors (Lipinski definition) is 1. The van der Waals surface area contributed by atoms with E-state index in [-0.39, 0.29) is 15.5 Å². The van der Waals surface area contributed by atoms with E-state index in [4.69, 9.17) is 11.6 Å². The summed E-state index contributed by atoms with van der Waals surface area (Å²) in [5.41, 5.74) is 3.38. The molecule has 0 saturated heterocycles. The Morgan fingerprint density at radius 2 is 1.79 bits per heavy atom. The maximum absolute atomic E-state index is 13.4. The molecule has 3 aromatic carbocycles. The maximum Gasteiger partial charge on any atom is 0.265 e. The molecule has 0 bridgehead atoms. The number of nitrogens with one attached hydrogen (secondary N) is 1. The lowest BCUT2D eigenvalue weighted by Crippen LogP contribution is -2.29. The second kappa shape index (κ2) is 8.96. The number of benzene rings is 3. The Morgan fingerprint density at radius 3 is 2.62 bits per heavy atom. The van der Waals surface area contributed by atoms with Gasteiger partial charge in [0.2, 0.25) is 0 Å². The molecule has 0 spiro atoms. The van der Waals surface area contributed by atoms with E-state index in [0.29, 0.717) is 30.9 Å². The van der Waals surface area contributed by atoms with Crippen molar-refractivity contribution in [3.8, 4) is 0 Å². The molecule has 172 valence electrons. The SMILES string of the molecule is O=C(Nc1cnn(Cc2ccccc2)c1)c1ccc(Cl)c(S(=O)(=O)N2CCc3ccccc32)c1. The zero-order chi connectivity index (χ0) is 23.7. The normalized spacial score (nSPS) is 13.0. The fourth-order valence-electron chi connectivity index (χ4n) is 4.01. The van der Waals surface area contributed by atoms with Gasteiger partial charge in [0.15, 0.2) is 0 Å². The van der Waals surface area contributed by atoms with Gasteiger partial charge in [-0.05, 0) is 41.8 Å². The number of halogens is 1. The minimum Gasteiger partial charge on any atom is -0.319 e. The number of sulfonamides is 1. The summed E-state index contributed by atoms with van der Waals surface area (Å²) < 4.78 is 29.9. The van der Waals surface area contributed by atoms with Crippen LogP contribution in [0.25, 0.3) is 0 Å². The van der Waals surface area contributed by atoms with Crippen molar-refractivity contribution in [1.29, 1.82) is 0 Å². The van der Waals surface area contributed by atoms with E-state index in [1.165, 1.54) is 22.5 Å². The highest BCUT2D eigenvalue weighted by molar-refractivity contribution is 7.93. The second-order valence-electron chi connectivity index (χ2n) is 7.97. The molecule has 0 atom stereocenters. The lowest BCUT2D eigenvalue weighted by atomic mass is 10.2. The third kappa shape index (κ3) is 4.30. The van der Waals surface area contributed by atoms with E-state index in [1.807, 2.05) is 42.5 Å². The first-order chi connectivity index (χ1) is 16.4. The highest BCUT2D eigenvalue weighted by atomic mass is 35.5. The first-order valence-corrected chi connectivity index (χ1v) is 12.5. The van der Waals surface area contributed by atoms with Crippen molar-refractivity contribution in [2.45, 2.75) is 17.9 Å². The Kier molecular flexibility index (Phi) is 5.85. The molecular formula is C25H21ClN4O3S. The van der Waals surface area contributed by atoms with Crippen LogP contribution < -0.4 is 9.62 Å². The molecule has 2 heterocycles. The van der Waals surface area contributed by atoms with Crippen LogP contribution in [0.5, 0.6) is 0 Å². The molecular weight excluding hydrogens is 472 g/mol. The van der Waals surface area contributed by atoms with Crippen molar-refractivity contribution in [1.82, 2.24) is 9.78 Å². The number of anilines is 2. The summed E-state index contributed by atoms with van der Waals surface area (Å²) in [5.74, 6) is -0.450. The predicted molar refractivity (Wildman–Crippen MR) is 132 cm³/mol. The number of nitrogens with zero attached hydrogens (tertiary/aromatic N) is 3. The average molecular weight is 493 g/mol. The van der Waals surface area contributed by atoms with Crippen LogP contribution in [0.2, 0.25) is 5.02 Å². The van der Waals surface area contributed by atoms with E-state index in [1.54, 1.807) is 29.2 Å². The zero-order valence-electron chi connectivity index (χ0n) is 18.1. The standard InChI is InChI=1S/C25H21ClN4O3S/c26-22-11-10-20(14-24(22)34(32,33)30-13-12-19-8-4-5-9-23(19)30)25(31)28-21-15-27-29(17-21)16-18-6-2-1-3-7-18/h1-11,14-15,17H,12-13,16H2,(H,28,31). The van der Waals surface area contributed by atoms with Gasteiger partial charge in [0.1, 0.15) is 4.90 Å². The lowest BCUT2D eigenvalue weighted by molar-refractivity contribution is 0.102. The van der Waals surface area contributed by atoms with Gasteiger partial charge in [-0.2, -0.15) is 5.10 Å². The van der Waals surface area contributed by atoms with Gasteiger partial charge < -0.3 is 5.32 Å². The first-order valence-electron chi connectivity index (χ1n) is 10.7. The van der Waals surface area contributed by atoms with Crippen LogP contribution in [0.15, 0.2) is 90.1 Å². The Bertz CT molecular complexity index is 1470. The molecule has 0 saturated carbocycles. The first kappa shape index (κ1) is 22.2. The van der Waals surface area contributed by atoms with Gasteiger partial charge in [-0.15, -0.1) is 0 Å². The number of carbonyl (C=O) groups is 1. The summed E-state index contributed by atoms with van der Waals surface area (Å²) in [7, 11) is -3.94. The molecule has 1 aliphatic rings. The largest absolute Gasteiger partial charge is 0.319 e. The van der Waals surface area contributed by atoms with E-state index in [2.05, 4.69) is 10.4 Å². The highest BCUT2D eigenvalue weighted by Gasteiger charge is 2.32. The number of para-hydroxylation sites is 1. The number of aromatic nitrogens is 2. The summed E-state index contributed by atoms with van der Waals surface area (Å²) in [6.07, 6.45) is 3.90. The van der Waals surface area contributed by atoms with Crippen LogP contribution in [-0.4, -0.2) is 30.7 Å². The molecule has 0 aliphatic carbocycles. The molecule has 7 nitrogen and oxygen atoms in total. The summed E-state index contributed by atoms with van der Waals surface area (Å²) in [4.78, 5) is 12.8. The number of hydrogen-bond acceptors (Lipinski definition) is 4. The molecule has 0 fully saturated rings. The molecule has 34 heavy (non-hydrogen) atoms. The van der Waals surface area contributed by atoms with Crippen molar-refractivity contribution in [3.05, 3.63) is 107 Å². The third-order valence-electron chi connectivity index (χ3n) is 5.68. The van der Waals surface area contributed by atoms with Crippen LogP contribution in [0.3, 0.4) is 0 Å². The molecule has 1 amide bonds. The van der Waals surface area contributed by atoms with Gasteiger partial charge in [-0.1, -0.05) is 60.1 Å². The minimum atomic E-state index is -3.94. The average Bonchev–Trinajstić information content (AvgIpc) is 3.47. The van der Waals surface area contributed by atoms with Gasteiger partial charge in [-0.25, -0.2) is 8.42 Å². The van der Waals surface area contributed by atoms with E-state index < -0.39 is 15.9 Å². The van der Waals surface area contributed by atoms with Crippen molar-refractivity contribution in [2.75, 3.05) is 16.2 Å². The number of amides is 1. The minimum absolute atomic E-state index is 0.0663. The Hall–Kier alpha value is -3.62. The maximum atomic E-state index is 13.4. The summed E-state index contributed by atoms with van der Waals surface area (Å²) in [6, 6.07) is 21.5. The molecule has 5 rings (SSSR count). The van der Waals surface area contributed by atoms with Crippen LogP contribution >= 0.6 is 11.6 Å². The smallest absolute Gasteiger partial charge is 0.265 e. The van der Waals surface area contributed by atoms with Crippen molar-refractivity contribution in [3.63, 3.8) is 0 Å².